The van der Waals surface area contributed by atoms with Crippen molar-refractivity contribution >= 4 is 38.9 Å². The first kappa shape index (κ1) is 13.8. The molecule has 17 heavy (non-hydrogen) atoms. The molecule has 0 spiro atoms. The van der Waals surface area contributed by atoms with Gasteiger partial charge in [-0.25, -0.2) is 0 Å². The van der Waals surface area contributed by atoms with Gasteiger partial charge in [0.15, 0.2) is 0 Å². The fourth-order valence-electron chi connectivity index (χ4n) is 2.46. The summed E-state index contributed by atoms with van der Waals surface area (Å²) in [5, 5.41) is 0. The molecule has 1 saturated heterocycles. The molecule has 0 aromatic carbocycles. The van der Waals surface area contributed by atoms with Crippen molar-refractivity contribution in [2.45, 2.75) is 32.4 Å². The van der Waals surface area contributed by atoms with Crippen LogP contribution < -0.4 is 5.73 Å². The van der Waals surface area contributed by atoms with Crippen LogP contribution in [0.2, 0.25) is 4.34 Å². The Bertz CT molecular complexity index is 374. The normalized spacial score (nSPS) is 26.0. The van der Waals surface area contributed by atoms with Crippen molar-refractivity contribution in [1.82, 2.24) is 4.90 Å². The molecule has 1 aromatic heterocycles. The molecule has 2 nitrogen and oxygen atoms in total. The third-order valence-corrected chi connectivity index (χ3v) is 5.65. The van der Waals surface area contributed by atoms with Crippen LogP contribution in [0, 0.1) is 5.92 Å². The molecular formula is C12H18BrClN2S. The second-order valence-corrected chi connectivity index (χ2v) is 7.60. The molecule has 0 bridgehead atoms. The van der Waals surface area contributed by atoms with Gasteiger partial charge in [-0.2, -0.15) is 0 Å². The average Bonchev–Trinajstić information content (AvgIpc) is 2.71. The Morgan fingerprint density at radius 3 is 2.88 bits per heavy atom. The van der Waals surface area contributed by atoms with Gasteiger partial charge in [-0.3, -0.25) is 4.90 Å². The smallest absolute Gasteiger partial charge is 0.107 e. The van der Waals surface area contributed by atoms with E-state index in [1.165, 1.54) is 4.88 Å². The lowest BCUT2D eigenvalue weighted by Gasteiger charge is -2.27. The number of hydrogen-bond donors (Lipinski definition) is 1. The molecule has 0 radical (unpaired) electrons. The first-order valence-corrected chi connectivity index (χ1v) is 7.92. The van der Waals surface area contributed by atoms with Crippen LogP contribution in [0.5, 0.6) is 0 Å². The summed E-state index contributed by atoms with van der Waals surface area (Å²) in [4.78, 5) is 3.77. The molecule has 1 aliphatic heterocycles. The van der Waals surface area contributed by atoms with Crippen LogP contribution in [0.1, 0.15) is 31.2 Å². The molecule has 0 saturated carbocycles. The lowest BCUT2D eigenvalue weighted by molar-refractivity contribution is 0.224. The molecule has 1 aliphatic rings. The number of nitrogens with zero attached hydrogens (tertiary/aromatic N) is 1. The monoisotopic (exact) mass is 336 g/mol. The van der Waals surface area contributed by atoms with Gasteiger partial charge in [0.1, 0.15) is 4.34 Å². The zero-order valence-corrected chi connectivity index (χ0v) is 13.3. The molecule has 1 fully saturated rings. The van der Waals surface area contributed by atoms with Crippen LogP contribution in [0.4, 0.5) is 0 Å². The van der Waals surface area contributed by atoms with Gasteiger partial charge in [-0.15, -0.1) is 11.3 Å². The number of rotatable bonds is 3. The summed E-state index contributed by atoms with van der Waals surface area (Å²) >= 11 is 11.2. The van der Waals surface area contributed by atoms with Gasteiger partial charge in [0.25, 0.3) is 0 Å². The Kier molecular flexibility index (Phi) is 4.53. The Labute approximate surface area is 120 Å². The van der Waals surface area contributed by atoms with Crippen molar-refractivity contribution in [2.75, 3.05) is 13.1 Å². The van der Waals surface area contributed by atoms with E-state index in [0.717, 1.165) is 28.3 Å². The van der Waals surface area contributed by atoms with E-state index in [1.54, 1.807) is 11.3 Å². The molecule has 2 atom stereocenters. The fraction of sp³-hybridized carbons (Fsp3) is 0.667. The van der Waals surface area contributed by atoms with Crippen LogP contribution in [0.25, 0.3) is 0 Å². The summed E-state index contributed by atoms with van der Waals surface area (Å²) in [5.41, 5.74) is 6.24. The molecular weight excluding hydrogens is 320 g/mol. The maximum atomic E-state index is 6.24. The highest BCUT2D eigenvalue weighted by Gasteiger charge is 2.34. The van der Waals surface area contributed by atoms with E-state index in [9.17, 15) is 0 Å². The van der Waals surface area contributed by atoms with Gasteiger partial charge in [0, 0.05) is 28.5 Å². The maximum Gasteiger partial charge on any atom is 0.107 e. The second-order valence-electron chi connectivity index (χ2n) is 5.06. The Morgan fingerprint density at radius 2 is 2.35 bits per heavy atom. The van der Waals surface area contributed by atoms with E-state index in [4.69, 9.17) is 17.3 Å². The van der Waals surface area contributed by atoms with Crippen LogP contribution in [0.15, 0.2) is 10.5 Å². The first-order valence-electron chi connectivity index (χ1n) is 5.93. The minimum absolute atomic E-state index is 0.232. The first-order chi connectivity index (χ1) is 7.99. The number of thiophene rings is 1. The van der Waals surface area contributed by atoms with Crippen molar-refractivity contribution in [3.05, 3.63) is 19.8 Å². The number of likely N-dealkylation sites (tertiary alicyclic amines) is 1. The lowest BCUT2D eigenvalue weighted by Crippen LogP contribution is -2.33. The average molecular weight is 338 g/mol. The van der Waals surface area contributed by atoms with E-state index in [-0.39, 0.29) is 6.04 Å². The maximum absolute atomic E-state index is 6.24. The summed E-state index contributed by atoms with van der Waals surface area (Å²) < 4.78 is 1.81. The summed E-state index contributed by atoms with van der Waals surface area (Å²) in [7, 11) is 0. The summed E-state index contributed by atoms with van der Waals surface area (Å²) in [6, 6.07) is 2.69. The number of hydrogen-bond acceptors (Lipinski definition) is 3. The Balaban J connectivity index is 2.21. The van der Waals surface area contributed by atoms with Crippen LogP contribution in [0.3, 0.4) is 0 Å². The molecule has 2 rings (SSSR count). The lowest BCUT2D eigenvalue weighted by atomic mass is 10.1. The van der Waals surface area contributed by atoms with E-state index in [1.807, 2.05) is 0 Å². The van der Waals surface area contributed by atoms with Gasteiger partial charge in [0.2, 0.25) is 0 Å². The van der Waals surface area contributed by atoms with Gasteiger partial charge >= 0.3 is 0 Å². The highest BCUT2D eigenvalue weighted by Crippen LogP contribution is 2.41. The Morgan fingerprint density at radius 1 is 1.65 bits per heavy atom. The van der Waals surface area contributed by atoms with Gasteiger partial charge in [0.05, 0.1) is 6.04 Å². The number of nitrogens with two attached hydrogens (primary N) is 1. The molecule has 1 aromatic rings. The summed E-state index contributed by atoms with van der Waals surface area (Å²) in [5.74, 6) is 0.668. The predicted molar refractivity (Wildman–Crippen MR) is 78.8 cm³/mol. The van der Waals surface area contributed by atoms with Crippen LogP contribution in [-0.4, -0.2) is 24.0 Å². The van der Waals surface area contributed by atoms with Crippen molar-refractivity contribution < 1.29 is 0 Å². The highest BCUT2D eigenvalue weighted by molar-refractivity contribution is 9.10. The molecule has 2 unspecified atom stereocenters. The molecule has 5 heteroatoms. The second kappa shape index (κ2) is 5.57. The SMILES string of the molecule is CC(C)CN1CCC(N)C1c1cc(Br)c(Cl)s1. The minimum Gasteiger partial charge on any atom is -0.326 e. The van der Waals surface area contributed by atoms with E-state index >= 15 is 0 Å². The van der Waals surface area contributed by atoms with Crippen LogP contribution in [-0.2, 0) is 0 Å². The molecule has 2 heterocycles. The zero-order valence-electron chi connectivity index (χ0n) is 10.1. The third kappa shape index (κ3) is 3.04. The molecule has 2 N–H and O–H groups in total. The van der Waals surface area contributed by atoms with E-state index in [0.29, 0.717) is 12.0 Å². The van der Waals surface area contributed by atoms with Gasteiger partial charge in [-0.1, -0.05) is 25.4 Å². The topological polar surface area (TPSA) is 29.3 Å². The van der Waals surface area contributed by atoms with Crippen molar-refractivity contribution in [3.8, 4) is 0 Å². The van der Waals surface area contributed by atoms with E-state index < -0.39 is 0 Å². The third-order valence-electron chi connectivity index (χ3n) is 3.10. The van der Waals surface area contributed by atoms with E-state index in [2.05, 4.69) is 40.7 Å². The van der Waals surface area contributed by atoms with Crippen molar-refractivity contribution in [1.29, 1.82) is 0 Å². The highest BCUT2D eigenvalue weighted by atomic mass is 79.9. The van der Waals surface area contributed by atoms with Crippen molar-refractivity contribution in [3.63, 3.8) is 0 Å². The Hall–Kier alpha value is 0.390. The molecule has 0 amide bonds. The standard InChI is InChI=1S/C12H18BrClN2S/c1-7(2)6-16-4-3-9(15)11(16)10-5-8(13)12(14)17-10/h5,7,9,11H,3-4,6,15H2,1-2H3. The fourth-order valence-corrected chi connectivity index (χ4v) is 4.40. The molecule has 0 aliphatic carbocycles. The quantitative estimate of drug-likeness (QED) is 0.906. The molecule has 96 valence electrons. The van der Waals surface area contributed by atoms with Gasteiger partial charge in [-0.05, 0) is 34.3 Å². The summed E-state index contributed by atoms with van der Waals surface area (Å²) in [6.07, 6.45) is 1.07. The van der Waals surface area contributed by atoms with Crippen LogP contribution >= 0.6 is 38.9 Å². The minimum atomic E-state index is 0.232. The largest absolute Gasteiger partial charge is 0.326 e. The summed E-state index contributed by atoms with van der Waals surface area (Å²) in [6.45, 7) is 6.69. The van der Waals surface area contributed by atoms with Gasteiger partial charge < -0.3 is 5.73 Å². The predicted octanol–water partition coefficient (Wildman–Crippen LogP) is 3.89. The zero-order chi connectivity index (χ0) is 12.6. The number of halogens is 2. The van der Waals surface area contributed by atoms with Crippen molar-refractivity contribution in [2.24, 2.45) is 11.7 Å².